The average Bonchev–Trinajstić information content (AvgIpc) is 2.80. The van der Waals surface area contributed by atoms with E-state index in [4.69, 9.17) is 9.72 Å². The first kappa shape index (κ1) is 21.9. The zero-order valence-electron chi connectivity index (χ0n) is 17.5. The molecule has 4 rings (SSSR count). The van der Waals surface area contributed by atoms with Gasteiger partial charge in [-0.3, -0.25) is 0 Å². The number of aliphatic hydroxyl groups is 1. The second-order valence-electron chi connectivity index (χ2n) is 7.49. The minimum absolute atomic E-state index is 0.366. The second-order valence-corrected chi connectivity index (χ2v) is 9.27. The number of hydrogen-bond donors (Lipinski definition) is 1. The van der Waals surface area contributed by atoms with Gasteiger partial charge >= 0.3 is 0 Å². The number of nitrogens with zero attached hydrogens (tertiary/aromatic N) is 1. The molecule has 31 heavy (non-hydrogen) atoms. The highest BCUT2D eigenvalue weighted by molar-refractivity contribution is 9.10. The van der Waals surface area contributed by atoms with Crippen LogP contribution in [0.5, 0.6) is 5.88 Å². The number of fused-ring (bicyclic) bond motifs is 1. The van der Waals surface area contributed by atoms with Crippen LogP contribution in [0, 0.1) is 0 Å². The van der Waals surface area contributed by atoms with Gasteiger partial charge in [-0.25, -0.2) is 4.98 Å². The maximum atomic E-state index is 12.3. The first-order chi connectivity index (χ1) is 15.1. The van der Waals surface area contributed by atoms with E-state index in [9.17, 15) is 5.11 Å². The maximum absolute atomic E-state index is 12.3. The fraction of sp³-hybridized carbons (Fsp3) is 0.192. The Morgan fingerprint density at radius 1 is 1.00 bits per heavy atom. The number of thioether (sulfide) groups is 1. The Hall–Kier alpha value is -2.34. The van der Waals surface area contributed by atoms with Crippen LogP contribution < -0.4 is 4.74 Å². The van der Waals surface area contributed by atoms with E-state index in [-0.39, 0.29) is 5.92 Å². The summed E-state index contributed by atoms with van der Waals surface area (Å²) < 4.78 is 6.74. The van der Waals surface area contributed by atoms with Crippen molar-refractivity contribution in [1.29, 1.82) is 0 Å². The first-order valence-corrected chi connectivity index (χ1v) is 12.2. The third kappa shape index (κ3) is 4.36. The van der Waals surface area contributed by atoms with Gasteiger partial charge in [0.15, 0.2) is 0 Å². The highest BCUT2D eigenvalue weighted by Gasteiger charge is 2.42. The zero-order valence-corrected chi connectivity index (χ0v) is 19.9. The SMILES string of the molecule is COc1nc2ccc(Br)cc2cc1C(c1ccccc1)C(O)(CSC)c1ccccc1. The van der Waals surface area contributed by atoms with E-state index < -0.39 is 5.60 Å². The van der Waals surface area contributed by atoms with Gasteiger partial charge in [0.25, 0.3) is 0 Å². The van der Waals surface area contributed by atoms with Crippen LogP contribution in [0.15, 0.2) is 89.4 Å². The lowest BCUT2D eigenvalue weighted by molar-refractivity contribution is 0.0437. The number of hydrogen-bond acceptors (Lipinski definition) is 4. The van der Waals surface area contributed by atoms with Crippen molar-refractivity contribution in [2.24, 2.45) is 0 Å². The van der Waals surface area contributed by atoms with Gasteiger partial charge in [-0.15, -0.1) is 0 Å². The lowest BCUT2D eigenvalue weighted by Crippen LogP contribution is -2.37. The molecule has 4 aromatic rings. The fourth-order valence-electron chi connectivity index (χ4n) is 4.15. The van der Waals surface area contributed by atoms with Crippen LogP contribution in [-0.4, -0.2) is 29.2 Å². The van der Waals surface area contributed by atoms with Crippen LogP contribution in [0.4, 0.5) is 0 Å². The number of benzene rings is 3. The molecule has 0 bridgehead atoms. The van der Waals surface area contributed by atoms with E-state index in [1.165, 1.54) is 0 Å². The van der Waals surface area contributed by atoms with Crippen LogP contribution in [-0.2, 0) is 5.60 Å². The van der Waals surface area contributed by atoms with Crippen molar-refractivity contribution in [2.45, 2.75) is 11.5 Å². The zero-order chi connectivity index (χ0) is 21.8. The Bertz CT molecular complexity index is 1170. The highest BCUT2D eigenvalue weighted by Crippen LogP contribution is 2.46. The Kier molecular flexibility index (Phi) is 6.65. The number of aromatic nitrogens is 1. The summed E-state index contributed by atoms with van der Waals surface area (Å²) in [4.78, 5) is 4.79. The van der Waals surface area contributed by atoms with Crippen LogP contribution in [0.25, 0.3) is 10.9 Å². The monoisotopic (exact) mass is 493 g/mol. The quantitative estimate of drug-likeness (QED) is 0.323. The summed E-state index contributed by atoms with van der Waals surface area (Å²) >= 11 is 5.19. The number of ether oxygens (including phenoxy) is 1. The topological polar surface area (TPSA) is 42.4 Å². The molecule has 0 aliphatic carbocycles. The number of rotatable bonds is 7. The van der Waals surface area contributed by atoms with Gasteiger partial charge in [-0.2, -0.15) is 11.8 Å². The summed E-state index contributed by atoms with van der Waals surface area (Å²) in [5.74, 6) is 0.685. The summed E-state index contributed by atoms with van der Waals surface area (Å²) in [5, 5.41) is 13.3. The normalized spacial score (nSPS) is 14.2. The van der Waals surface area contributed by atoms with Gasteiger partial charge in [0, 0.05) is 27.1 Å². The van der Waals surface area contributed by atoms with Crippen LogP contribution >= 0.6 is 27.7 Å². The Morgan fingerprint density at radius 2 is 1.68 bits per heavy atom. The van der Waals surface area contributed by atoms with E-state index in [2.05, 4.69) is 34.1 Å². The molecule has 3 aromatic carbocycles. The standard InChI is InChI=1S/C26H24BrNO2S/c1-30-25-22(16-19-15-21(27)13-14-23(19)28-25)24(18-9-5-3-6-10-18)26(29,17-31-2)20-11-7-4-8-12-20/h3-16,24,29H,17H2,1-2H3. The molecule has 2 unspecified atom stereocenters. The molecule has 0 saturated heterocycles. The minimum Gasteiger partial charge on any atom is -0.481 e. The molecule has 0 radical (unpaired) electrons. The minimum atomic E-state index is -1.16. The predicted molar refractivity (Wildman–Crippen MR) is 133 cm³/mol. The molecule has 1 heterocycles. The third-order valence-corrected chi connectivity index (χ3v) is 6.74. The van der Waals surface area contributed by atoms with Gasteiger partial charge < -0.3 is 9.84 Å². The van der Waals surface area contributed by atoms with Crippen molar-refractivity contribution in [3.8, 4) is 5.88 Å². The molecule has 0 aliphatic rings. The van der Waals surface area contributed by atoms with Crippen molar-refractivity contribution in [2.75, 3.05) is 19.1 Å². The molecular formula is C26H24BrNO2S. The van der Waals surface area contributed by atoms with Crippen molar-refractivity contribution in [3.63, 3.8) is 0 Å². The number of methoxy groups -OCH3 is 1. The van der Waals surface area contributed by atoms with Gasteiger partial charge in [0.1, 0.15) is 5.60 Å². The lowest BCUT2D eigenvalue weighted by atomic mass is 9.74. The van der Waals surface area contributed by atoms with Crippen molar-refractivity contribution in [3.05, 3.63) is 106 Å². The summed E-state index contributed by atoms with van der Waals surface area (Å²) in [6, 6.07) is 28.1. The van der Waals surface area contributed by atoms with E-state index in [0.29, 0.717) is 11.6 Å². The number of halogens is 1. The Labute approximate surface area is 195 Å². The predicted octanol–water partition coefficient (Wildman–Crippen LogP) is 6.39. The lowest BCUT2D eigenvalue weighted by Gasteiger charge is -2.37. The van der Waals surface area contributed by atoms with Crippen molar-refractivity contribution in [1.82, 2.24) is 4.98 Å². The van der Waals surface area contributed by atoms with Gasteiger partial charge in [-0.1, -0.05) is 76.6 Å². The third-order valence-electron chi connectivity index (χ3n) is 5.52. The first-order valence-electron chi connectivity index (χ1n) is 10.0. The summed E-state index contributed by atoms with van der Waals surface area (Å²) in [6.45, 7) is 0. The smallest absolute Gasteiger partial charge is 0.217 e. The molecule has 158 valence electrons. The van der Waals surface area contributed by atoms with E-state index in [1.54, 1.807) is 18.9 Å². The van der Waals surface area contributed by atoms with Gasteiger partial charge in [0.05, 0.1) is 12.6 Å². The molecule has 0 fully saturated rings. The van der Waals surface area contributed by atoms with E-state index >= 15 is 0 Å². The molecule has 0 aliphatic heterocycles. The summed E-state index contributed by atoms with van der Waals surface area (Å²) in [7, 11) is 1.63. The molecule has 0 spiro atoms. The van der Waals surface area contributed by atoms with Crippen molar-refractivity contribution < 1.29 is 9.84 Å². The molecule has 2 atom stereocenters. The molecule has 1 N–H and O–H groups in total. The van der Waals surface area contributed by atoms with Crippen LogP contribution in [0.1, 0.15) is 22.6 Å². The second kappa shape index (κ2) is 9.43. The molecule has 0 amide bonds. The van der Waals surface area contributed by atoms with E-state index in [1.807, 2.05) is 73.0 Å². The summed E-state index contributed by atoms with van der Waals surface area (Å²) in [6.07, 6.45) is 2.02. The Balaban J connectivity index is 2.02. The molecule has 0 saturated carbocycles. The molecule has 3 nitrogen and oxygen atoms in total. The van der Waals surface area contributed by atoms with Gasteiger partial charge in [0.2, 0.25) is 5.88 Å². The largest absolute Gasteiger partial charge is 0.481 e. The molecule has 5 heteroatoms. The molecule has 1 aromatic heterocycles. The highest BCUT2D eigenvalue weighted by atomic mass is 79.9. The van der Waals surface area contributed by atoms with Gasteiger partial charge in [-0.05, 0) is 41.6 Å². The van der Waals surface area contributed by atoms with Crippen molar-refractivity contribution >= 4 is 38.6 Å². The fourth-order valence-corrected chi connectivity index (χ4v) is 5.31. The maximum Gasteiger partial charge on any atom is 0.217 e. The molecular weight excluding hydrogens is 470 g/mol. The van der Waals surface area contributed by atoms with Crippen LogP contribution in [0.2, 0.25) is 0 Å². The average molecular weight is 494 g/mol. The number of pyridine rings is 1. The van der Waals surface area contributed by atoms with E-state index in [0.717, 1.165) is 32.1 Å². The summed E-state index contributed by atoms with van der Waals surface area (Å²) in [5.41, 5.74) is 2.44. The van der Waals surface area contributed by atoms with Crippen LogP contribution in [0.3, 0.4) is 0 Å². The Morgan fingerprint density at radius 3 is 2.32 bits per heavy atom.